The number of esters is 1. The summed E-state index contributed by atoms with van der Waals surface area (Å²) in [5.74, 6) is -1.25. The maximum absolute atomic E-state index is 15.0. The molecule has 17 heteroatoms. The van der Waals surface area contributed by atoms with Crippen LogP contribution in [0.3, 0.4) is 0 Å². The van der Waals surface area contributed by atoms with Gasteiger partial charge in [-0.1, -0.05) is 186 Å². The lowest BCUT2D eigenvalue weighted by molar-refractivity contribution is -0.154. The molecule has 2 aliphatic heterocycles. The van der Waals surface area contributed by atoms with E-state index in [1.54, 1.807) is 0 Å². The van der Waals surface area contributed by atoms with Crippen LogP contribution in [0.1, 0.15) is 58.0 Å². The van der Waals surface area contributed by atoms with E-state index in [-0.39, 0.29) is 32.7 Å². The number of halogens is 1. The van der Waals surface area contributed by atoms with Crippen LogP contribution in [0, 0.1) is 0 Å². The number of nitrogens with one attached hydrogen (secondary N) is 2. The summed E-state index contributed by atoms with van der Waals surface area (Å²) in [6, 6.07) is 48.7. The number of allylic oxidation sites excluding steroid dienone is 1. The first-order valence-corrected chi connectivity index (χ1v) is 26.0. The van der Waals surface area contributed by atoms with Crippen LogP contribution >= 0.6 is 46.5 Å². The molecule has 13 nitrogen and oxygen atoms in total. The monoisotopic (exact) mass is 1020 g/mol. The van der Waals surface area contributed by atoms with Gasteiger partial charge in [0.05, 0.1) is 6.20 Å². The number of anilines is 1. The normalized spacial score (nSPS) is 17.7. The van der Waals surface area contributed by atoms with E-state index in [0.29, 0.717) is 29.2 Å². The Labute approximate surface area is 427 Å². The van der Waals surface area contributed by atoms with Crippen molar-refractivity contribution in [3.63, 3.8) is 0 Å². The number of rotatable bonds is 18. The fourth-order valence-electron chi connectivity index (χ4n) is 8.94. The smallest absolute Gasteiger partial charge is 0.356 e. The van der Waals surface area contributed by atoms with Crippen LogP contribution in [-0.4, -0.2) is 72.8 Å². The highest BCUT2D eigenvalue weighted by atomic mass is 35.5. The third kappa shape index (κ3) is 9.67. The van der Waals surface area contributed by atoms with Crippen molar-refractivity contribution >= 4 is 81.5 Å². The van der Waals surface area contributed by atoms with E-state index in [9.17, 15) is 19.2 Å². The number of hydrogen-bond acceptors (Lipinski definition) is 12. The molecule has 0 saturated carbocycles. The zero-order valence-electron chi connectivity index (χ0n) is 37.7. The molecule has 4 heterocycles. The molecule has 1 fully saturated rings. The summed E-state index contributed by atoms with van der Waals surface area (Å²) in [5.41, 5.74) is 4.45. The number of carbonyl (C=O) groups excluding carboxylic acids is 4. The molecule has 0 radical (unpaired) electrons. The zero-order chi connectivity index (χ0) is 48.7. The van der Waals surface area contributed by atoms with E-state index in [0.717, 1.165) is 51.1 Å². The molecule has 71 heavy (non-hydrogen) atoms. The molecule has 2 N–H and O–H groups in total. The van der Waals surface area contributed by atoms with Gasteiger partial charge in [-0.2, -0.15) is 5.10 Å². The summed E-state index contributed by atoms with van der Waals surface area (Å²) >= 11 is 10.3. The Kier molecular flexibility index (Phi) is 14.3. The van der Waals surface area contributed by atoms with Crippen LogP contribution < -0.4 is 10.6 Å². The maximum atomic E-state index is 15.0. The second kappa shape index (κ2) is 21.4. The molecule has 356 valence electrons. The Hall–Kier alpha value is -7.24. The van der Waals surface area contributed by atoms with Crippen molar-refractivity contribution in [2.45, 2.75) is 47.8 Å². The third-order valence-electron chi connectivity index (χ3n) is 12.3. The van der Waals surface area contributed by atoms with Crippen LogP contribution in [-0.2, 0) is 40.0 Å². The number of hydrogen-bond donors (Lipinski definition) is 2. The van der Waals surface area contributed by atoms with Gasteiger partial charge in [0.15, 0.2) is 16.9 Å². The third-order valence-corrected chi connectivity index (χ3v) is 16.1. The lowest BCUT2D eigenvalue weighted by atomic mass is 9.77. The minimum absolute atomic E-state index is 0.0204. The van der Waals surface area contributed by atoms with Gasteiger partial charge in [0.1, 0.15) is 38.8 Å². The maximum Gasteiger partial charge on any atom is 0.356 e. The Morgan fingerprint density at radius 2 is 1.46 bits per heavy atom. The minimum atomic E-state index is -1.07. The summed E-state index contributed by atoms with van der Waals surface area (Å²) in [6.07, 6.45) is 8.40. The van der Waals surface area contributed by atoms with Crippen molar-refractivity contribution in [1.82, 2.24) is 25.0 Å². The predicted molar refractivity (Wildman–Crippen MR) is 278 cm³/mol. The van der Waals surface area contributed by atoms with Crippen molar-refractivity contribution in [1.29, 1.82) is 0 Å². The van der Waals surface area contributed by atoms with Gasteiger partial charge in [-0.3, -0.25) is 24.0 Å². The second-order valence-corrected chi connectivity index (χ2v) is 20.4. The van der Waals surface area contributed by atoms with Crippen molar-refractivity contribution in [3.8, 4) is 0 Å². The van der Waals surface area contributed by atoms with Gasteiger partial charge in [0, 0.05) is 28.2 Å². The number of β-lactam (4-membered cyclic amide) rings is 1. The fraction of sp³-hybridized carbons (Fsp3) is 0.167. The van der Waals surface area contributed by atoms with E-state index >= 15 is 0 Å². The number of thiazole rings is 1. The number of fused-ring (bicyclic) bond motifs is 1. The highest BCUT2D eigenvalue weighted by Gasteiger charge is 2.55. The summed E-state index contributed by atoms with van der Waals surface area (Å²) < 4.78 is 8.54. The molecule has 3 amide bonds. The molecular formula is C54H44ClN7O6S3. The molecule has 2 aromatic heterocycles. The van der Waals surface area contributed by atoms with Crippen LogP contribution in [0.25, 0.3) is 0 Å². The number of ether oxygens (including phenoxy) is 1. The van der Waals surface area contributed by atoms with Crippen molar-refractivity contribution in [3.05, 3.63) is 230 Å². The second-order valence-electron chi connectivity index (χ2n) is 16.6. The number of amides is 3. The van der Waals surface area contributed by atoms with Gasteiger partial charge in [0.25, 0.3) is 11.8 Å². The Morgan fingerprint density at radius 3 is 2.03 bits per heavy atom. The highest BCUT2D eigenvalue weighted by molar-refractivity contribution is 8.05. The van der Waals surface area contributed by atoms with Crippen molar-refractivity contribution in [2.75, 3.05) is 11.1 Å². The molecule has 3 atom stereocenters. The Balaban J connectivity index is 0.978. The van der Waals surface area contributed by atoms with Crippen molar-refractivity contribution < 1.29 is 28.8 Å². The quantitative estimate of drug-likeness (QED) is 0.0161. The van der Waals surface area contributed by atoms with Crippen LogP contribution in [0.5, 0.6) is 0 Å². The van der Waals surface area contributed by atoms with Crippen LogP contribution in [0.2, 0.25) is 4.34 Å². The van der Waals surface area contributed by atoms with E-state index in [1.165, 1.54) is 28.4 Å². The Bertz CT molecular complexity index is 3000. The summed E-state index contributed by atoms with van der Waals surface area (Å²) in [6.45, 7) is 0. The van der Waals surface area contributed by atoms with Gasteiger partial charge < -0.3 is 20.2 Å². The molecule has 1 aliphatic carbocycles. The number of benzene rings is 5. The van der Waals surface area contributed by atoms with Crippen LogP contribution in [0.15, 0.2) is 192 Å². The van der Waals surface area contributed by atoms with Gasteiger partial charge in [-0.15, -0.1) is 23.5 Å². The molecule has 3 aliphatic rings. The molecule has 1 saturated heterocycles. The number of aromatic nitrogens is 3. The fourth-order valence-corrected chi connectivity index (χ4v) is 12.5. The molecule has 0 spiro atoms. The van der Waals surface area contributed by atoms with Gasteiger partial charge in [0.2, 0.25) is 6.41 Å². The topological polar surface area (TPSA) is 157 Å². The molecule has 0 bridgehead atoms. The van der Waals surface area contributed by atoms with E-state index in [2.05, 4.69) is 57.2 Å². The van der Waals surface area contributed by atoms with Gasteiger partial charge in [-0.05, 0) is 46.7 Å². The number of carbonyl (C=O) groups is 4. The lowest BCUT2D eigenvalue weighted by Crippen LogP contribution is -2.71. The first-order valence-electron chi connectivity index (χ1n) is 22.7. The summed E-state index contributed by atoms with van der Waals surface area (Å²) in [4.78, 5) is 67.1. The molecular weight excluding hydrogens is 974 g/mol. The van der Waals surface area contributed by atoms with Gasteiger partial charge >= 0.3 is 5.97 Å². The van der Waals surface area contributed by atoms with E-state index in [4.69, 9.17) is 26.3 Å². The van der Waals surface area contributed by atoms with E-state index in [1.807, 2.05) is 144 Å². The average Bonchev–Trinajstić information content (AvgIpc) is 4.21. The first-order chi connectivity index (χ1) is 34.8. The Morgan fingerprint density at radius 1 is 0.873 bits per heavy atom. The standard InChI is InChI=1S/C54H44ClN7O6S3/c55-48-43(59-53(71-48)56-34-63)44(60-68-41-28-16-17-29-41)49(64)58-45-50(65)62-46(52(66)67-47(36-18-6-1-7-19-36)37-20-8-2-9-21-37)42(33-70-51(45)62)69-32-35-30-57-61(31-35)54(38-22-10-3-11-23-38,39-24-12-4-13-25-39)40-26-14-5-15-27-40/h1-16,18-28,30-31,34,41,45,47,51H,17,29,32-33H2,(H,58,64)(H,56,59,63)/t41?,45-,51+/m1/s1. The first kappa shape index (κ1) is 47.4. The molecule has 1 unspecified atom stereocenters. The van der Waals surface area contributed by atoms with Crippen molar-refractivity contribution in [2.24, 2.45) is 5.16 Å². The zero-order valence-corrected chi connectivity index (χ0v) is 41.0. The molecule has 5 aromatic carbocycles. The number of thioether (sulfide) groups is 2. The molecule has 10 rings (SSSR count). The van der Waals surface area contributed by atoms with Crippen LogP contribution in [0.4, 0.5) is 5.13 Å². The summed E-state index contributed by atoms with van der Waals surface area (Å²) in [7, 11) is 0. The van der Waals surface area contributed by atoms with E-state index < -0.39 is 40.8 Å². The van der Waals surface area contributed by atoms with Gasteiger partial charge in [-0.25, -0.2) is 9.78 Å². The number of oxime groups is 1. The lowest BCUT2D eigenvalue weighted by Gasteiger charge is -2.49. The predicted octanol–water partition coefficient (Wildman–Crippen LogP) is 9.72. The SMILES string of the molecule is O=CNc1nc(C(=NOC2C=CCC2)C(=O)N[C@@H]2C(=O)N3C(C(=O)OC(c4ccccc4)c4ccccc4)=C(SCc4cnn(C(c5ccccc5)(c5ccccc5)c5ccccc5)c4)CS[C@@H]23)c(Cl)s1. The minimum Gasteiger partial charge on any atom is -0.448 e. The largest absolute Gasteiger partial charge is 0.448 e. The average molecular weight is 1020 g/mol. The molecule has 7 aromatic rings. The number of nitrogens with zero attached hydrogens (tertiary/aromatic N) is 5. The highest BCUT2D eigenvalue weighted by Crippen LogP contribution is 2.46. The summed E-state index contributed by atoms with van der Waals surface area (Å²) in [5, 5.41) is 14.0.